The van der Waals surface area contributed by atoms with Gasteiger partial charge in [-0.25, -0.2) is 8.78 Å². The average molecular weight is 344 g/mol. The third-order valence-corrected chi connectivity index (χ3v) is 4.44. The number of nitrogens with zero attached hydrogens (tertiary/aromatic N) is 1. The molecule has 0 unspecified atom stereocenters. The number of hydrogen-bond acceptors (Lipinski definition) is 4. The third kappa shape index (κ3) is 2.71. The summed E-state index contributed by atoms with van der Waals surface area (Å²) in [5.41, 5.74) is -0.482. The van der Waals surface area contributed by atoms with E-state index in [9.17, 15) is 13.6 Å². The van der Waals surface area contributed by atoms with Crippen LogP contribution in [0.3, 0.4) is 0 Å². The first-order valence-corrected chi connectivity index (χ1v) is 7.82. The average Bonchev–Trinajstić information content (AvgIpc) is 3.00. The van der Waals surface area contributed by atoms with Crippen LogP contribution in [0.15, 0.2) is 51.6 Å². The van der Waals surface area contributed by atoms with E-state index in [1.54, 1.807) is 18.2 Å². The lowest BCUT2D eigenvalue weighted by Gasteiger charge is -2.13. The predicted molar refractivity (Wildman–Crippen MR) is 83.3 cm³/mol. The fraction of sp³-hybridized carbons (Fsp3) is 0.222. The molecule has 1 N–H and O–H groups in total. The highest BCUT2D eigenvalue weighted by atomic mass is 19.1. The molecule has 2 aromatic heterocycles. The summed E-state index contributed by atoms with van der Waals surface area (Å²) >= 11 is 0. The molecular formula is C18H14F2N2O3. The van der Waals surface area contributed by atoms with Gasteiger partial charge >= 0.3 is 0 Å². The van der Waals surface area contributed by atoms with Crippen LogP contribution in [-0.2, 0) is 16.8 Å². The number of aromatic nitrogens is 1. The highest BCUT2D eigenvalue weighted by molar-refractivity contribution is 5.90. The highest BCUT2D eigenvalue weighted by Crippen LogP contribution is 2.48. The number of benzene rings is 1. The molecule has 4 rings (SSSR count). The topological polar surface area (TPSA) is 68.3 Å². The van der Waals surface area contributed by atoms with Crippen molar-refractivity contribution in [3.05, 3.63) is 65.6 Å². The van der Waals surface area contributed by atoms with Crippen molar-refractivity contribution in [1.82, 2.24) is 10.5 Å². The minimum Gasteiger partial charge on any atom is -0.461 e. The molecule has 0 bridgehead atoms. The molecule has 1 aliphatic carbocycles. The summed E-state index contributed by atoms with van der Waals surface area (Å²) in [7, 11) is 0. The van der Waals surface area contributed by atoms with Gasteiger partial charge in [-0.05, 0) is 37.1 Å². The highest BCUT2D eigenvalue weighted by Gasteiger charge is 2.53. The number of carbonyl (C=O) groups is 1. The molecule has 1 saturated carbocycles. The van der Waals surface area contributed by atoms with E-state index in [-0.39, 0.29) is 18.0 Å². The van der Waals surface area contributed by atoms with Crippen LogP contribution in [0.4, 0.5) is 8.78 Å². The molecule has 0 atom stereocenters. The molecule has 0 spiro atoms. The Balaban J connectivity index is 1.50. The van der Waals surface area contributed by atoms with Crippen LogP contribution < -0.4 is 5.32 Å². The van der Waals surface area contributed by atoms with Crippen LogP contribution >= 0.6 is 0 Å². The van der Waals surface area contributed by atoms with Gasteiger partial charge in [0.05, 0.1) is 17.4 Å². The zero-order valence-corrected chi connectivity index (χ0v) is 13.1. The molecule has 7 heteroatoms. The monoisotopic (exact) mass is 344 g/mol. The lowest BCUT2D eigenvalue weighted by Crippen LogP contribution is -2.35. The molecule has 128 valence electrons. The number of rotatable bonds is 5. The van der Waals surface area contributed by atoms with E-state index in [0.29, 0.717) is 30.1 Å². The fourth-order valence-electron chi connectivity index (χ4n) is 2.80. The summed E-state index contributed by atoms with van der Waals surface area (Å²) in [6.07, 6.45) is 2.71. The van der Waals surface area contributed by atoms with Crippen molar-refractivity contribution in [2.75, 3.05) is 0 Å². The van der Waals surface area contributed by atoms with E-state index in [2.05, 4.69) is 10.5 Å². The van der Waals surface area contributed by atoms with E-state index in [1.807, 2.05) is 0 Å². The number of carbonyl (C=O) groups excluding carboxylic acids is 1. The van der Waals surface area contributed by atoms with Gasteiger partial charge in [-0.15, -0.1) is 0 Å². The Morgan fingerprint density at radius 2 is 1.92 bits per heavy atom. The summed E-state index contributed by atoms with van der Waals surface area (Å²) in [5, 5.41) is 6.58. The molecule has 5 nitrogen and oxygen atoms in total. The molecular weight excluding hydrogens is 330 g/mol. The van der Waals surface area contributed by atoms with E-state index in [4.69, 9.17) is 8.94 Å². The number of amides is 1. The van der Waals surface area contributed by atoms with Crippen LogP contribution in [0, 0.1) is 11.6 Å². The van der Waals surface area contributed by atoms with Crippen molar-refractivity contribution in [3.8, 4) is 11.5 Å². The van der Waals surface area contributed by atoms with Crippen molar-refractivity contribution < 1.29 is 22.5 Å². The maximum Gasteiger partial charge on any atom is 0.232 e. The normalized spacial score (nSPS) is 15.1. The van der Waals surface area contributed by atoms with Crippen LogP contribution in [0.25, 0.3) is 11.5 Å². The first-order valence-electron chi connectivity index (χ1n) is 7.82. The zero-order chi connectivity index (χ0) is 17.4. The van der Waals surface area contributed by atoms with Gasteiger partial charge in [-0.3, -0.25) is 4.79 Å². The summed E-state index contributed by atoms with van der Waals surface area (Å²) < 4.78 is 37.8. The smallest absolute Gasteiger partial charge is 0.232 e. The minimum absolute atomic E-state index is 0.164. The molecule has 2 heterocycles. The van der Waals surface area contributed by atoms with Crippen molar-refractivity contribution >= 4 is 5.91 Å². The van der Waals surface area contributed by atoms with Crippen LogP contribution in [0.2, 0.25) is 0 Å². The SMILES string of the molecule is O=C(NCc1c(F)cccc1F)C1(c2cc(-c3ccco3)on2)CC1. The van der Waals surface area contributed by atoms with Gasteiger partial charge in [-0.2, -0.15) is 0 Å². The van der Waals surface area contributed by atoms with E-state index < -0.39 is 17.0 Å². The second kappa shape index (κ2) is 5.84. The van der Waals surface area contributed by atoms with E-state index in [1.165, 1.54) is 12.3 Å². The molecule has 25 heavy (non-hydrogen) atoms. The zero-order valence-electron chi connectivity index (χ0n) is 13.1. The molecule has 0 radical (unpaired) electrons. The maximum absolute atomic E-state index is 13.7. The second-order valence-corrected chi connectivity index (χ2v) is 6.02. The van der Waals surface area contributed by atoms with Crippen LogP contribution in [0.5, 0.6) is 0 Å². The van der Waals surface area contributed by atoms with E-state index in [0.717, 1.165) is 12.1 Å². The van der Waals surface area contributed by atoms with E-state index >= 15 is 0 Å². The first kappa shape index (κ1) is 15.6. The van der Waals surface area contributed by atoms with Gasteiger partial charge in [0.15, 0.2) is 5.76 Å². The van der Waals surface area contributed by atoms with Crippen molar-refractivity contribution in [2.45, 2.75) is 24.8 Å². The van der Waals surface area contributed by atoms with Crippen molar-refractivity contribution in [2.24, 2.45) is 0 Å². The van der Waals surface area contributed by atoms with Crippen LogP contribution in [-0.4, -0.2) is 11.1 Å². The Bertz CT molecular complexity index is 894. The number of furan rings is 1. The predicted octanol–water partition coefficient (Wildman–Crippen LogP) is 3.56. The minimum atomic E-state index is -0.809. The van der Waals surface area contributed by atoms with Crippen LogP contribution in [0.1, 0.15) is 24.1 Å². The Labute approximate surface area is 141 Å². The molecule has 1 aromatic carbocycles. The van der Waals surface area contributed by atoms with Gasteiger partial charge in [0.25, 0.3) is 0 Å². The molecule has 0 aliphatic heterocycles. The lowest BCUT2D eigenvalue weighted by atomic mass is 10.0. The van der Waals surface area contributed by atoms with Gasteiger partial charge < -0.3 is 14.3 Å². The Morgan fingerprint density at radius 1 is 1.16 bits per heavy atom. The second-order valence-electron chi connectivity index (χ2n) is 6.02. The van der Waals surface area contributed by atoms with Crippen molar-refractivity contribution in [1.29, 1.82) is 0 Å². The number of hydrogen-bond donors (Lipinski definition) is 1. The molecule has 0 saturated heterocycles. The summed E-state index contributed by atoms with van der Waals surface area (Å²) in [6.45, 7) is -0.220. The first-order chi connectivity index (χ1) is 12.1. The summed E-state index contributed by atoms with van der Waals surface area (Å²) in [6, 6.07) is 8.71. The van der Waals surface area contributed by atoms with Gasteiger partial charge in [0, 0.05) is 18.2 Å². The fourth-order valence-corrected chi connectivity index (χ4v) is 2.80. The Kier molecular flexibility index (Phi) is 3.63. The molecule has 1 fully saturated rings. The summed E-state index contributed by atoms with van der Waals surface area (Å²) in [5.74, 6) is -0.754. The molecule has 1 amide bonds. The van der Waals surface area contributed by atoms with Gasteiger partial charge in [-0.1, -0.05) is 11.2 Å². The Morgan fingerprint density at radius 3 is 2.56 bits per heavy atom. The standard InChI is InChI=1S/C18H14F2N2O3/c19-12-3-1-4-13(20)11(12)10-21-17(23)18(6-7-18)16-9-15(25-22-16)14-5-2-8-24-14/h1-5,8-9H,6-7,10H2,(H,21,23). The maximum atomic E-state index is 13.7. The quantitative estimate of drug-likeness (QED) is 0.768. The van der Waals surface area contributed by atoms with Gasteiger partial charge in [0.1, 0.15) is 11.6 Å². The largest absolute Gasteiger partial charge is 0.461 e. The molecule has 3 aromatic rings. The van der Waals surface area contributed by atoms with Gasteiger partial charge in [0.2, 0.25) is 11.7 Å². The molecule has 1 aliphatic rings. The van der Waals surface area contributed by atoms with Crippen molar-refractivity contribution in [3.63, 3.8) is 0 Å². The number of nitrogens with one attached hydrogen (secondary N) is 1. The lowest BCUT2D eigenvalue weighted by molar-refractivity contribution is -0.123. The Hall–Kier alpha value is -2.96. The summed E-state index contributed by atoms with van der Waals surface area (Å²) in [4.78, 5) is 12.6. The number of halogens is 2. The third-order valence-electron chi connectivity index (χ3n) is 4.44.